The molecule has 106 valence electrons. The minimum absolute atomic E-state index is 0.387. The summed E-state index contributed by atoms with van der Waals surface area (Å²) in [5, 5.41) is 11.7. The molecule has 0 aromatic carbocycles. The molecule has 1 aliphatic rings. The van der Waals surface area contributed by atoms with Crippen LogP contribution in [-0.2, 0) is 4.79 Å². The van der Waals surface area contributed by atoms with Crippen LogP contribution in [0, 0.1) is 5.41 Å². The van der Waals surface area contributed by atoms with Crippen LogP contribution in [0.25, 0.3) is 0 Å². The topological polar surface area (TPSA) is 40.5 Å². The first kappa shape index (κ1) is 14.5. The summed E-state index contributed by atoms with van der Waals surface area (Å²) in [6, 6.07) is 4.63. The second-order valence-corrected chi connectivity index (χ2v) is 6.47. The highest BCUT2D eigenvalue weighted by atomic mass is 32.1. The van der Waals surface area contributed by atoms with Crippen molar-refractivity contribution in [3.63, 3.8) is 0 Å². The van der Waals surface area contributed by atoms with E-state index >= 15 is 0 Å². The lowest BCUT2D eigenvalue weighted by Crippen LogP contribution is -2.35. The molecule has 4 heteroatoms. The maximum absolute atomic E-state index is 11.6. The molecule has 1 saturated heterocycles. The number of hydrogen-bond donors (Lipinski definition) is 1. The fourth-order valence-electron chi connectivity index (χ4n) is 3.25. The Labute approximate surface area is 119 Å². The van der Waals surface area contributed by atoms with E-state index in [9.17, 15) is 9.90 Å². The van der Waals surface area contributed by atoms with Crippen LogP contribution in [-0.4, -0.2) is 29.1 Å². The Kier molecular flexibility index (Phi) is 4.63. The van der Waals surface area contributed by atoms with E-state index in [-0.39, 0.29) is 0 Å². The van der Waals surface area contributed by atoms with E-state index in [0.717, 1.165) is 32.2 Å². The molecular weight excluding hydrogens is 258 g/mol. The van der Waals surface area contributed by atoms with E-state index in [4.69, 9.17) is 0 Å². The number of hydrogen-bond acceptors (Lipinski definition) is 3. The average Bonchev–Trinajstić information content (AvgIpc) is 3.02. The van der Waals surface area contributed by atoms with Crippen molar-refractivity contribution in [1.82, 2.24) is 4.90 Å². The van der Waals surface area contributed by atoms with Gasteiger partial charge in [0.1, 0.15) is 0 Å². The molecule has 0 radical (unpaired) electrons. The van der Waals surface area contributed by atoms with Gasteiger partial charge in [-0.1, -0.05) is 26.3 Å². The number of carboxylic acid groups (broad SMARTS) is 1. The van der Waals surface area contributed by atoms with Gasteiger partial charge in [-0.15, -0.1) is 11.3 Å². The van der Waals surface area contributed by atoms with Gasteiger partial charge in [-0.25, -0.2) is 0 Å². The Morgan fingerprint density at radius 1 is 1.58 bits per heavy atom. The van der Waals surface area contributed by atoms with Crippen molar-refractivity contribution in [2.24, 2.45) is 5.41 Å². The monoisotopic (exact) mass is 281 g/mol. The van der Waals surface area contributed by atoms with Crippen LogP contribution < -0.4 is 0 Å². The molecule has 0 spiro atoms. The third-order valence-electron chi connectivity index (χ3n) is 4.26. The van der Waals surface area contributed by atoms with Crippen molar-refractivity contribution >= 4 is 17.3 Å². The number of carbonyl (C=O) groups is 1. The van der Waals surface area contributed by atoms with Gasteiger partial charge < -0.3 is 5.11 Å². The standard InChI is InChI=1S/C15H23NO2S/c1-3-7-15(14(17)18)8-9-16(11-15)12(4-2)13-6-5-10-19-13/h5-6,10,12H,3-4,7-9,11H2,1-2H3,(H,17,18). The zero-order valence-electron chi connectivity index (χ0n) is 11.8. The molecule has 1 N–H and O–H groups in total. The molecule has 2 rings (SSSR count). The molecule has 2 heterocycles. The van der Waals surface area contributed by atoms with Crippen molar-refractivity contribution in [3.05, 3.63) is 22.4 Å². The molecule has 2 atom stereocenters. The van der Waals surface area contributed by atoms with Crippen molar-refractivity contribution in [2.75, 3.05) is 13.1 Å². The zero-order valence-corrected chi connectivity index (χ0v) is 12.6. The first-order chi connectivity index (χ1) is 9.13. The van der Waals surface area contributed by atoms with E-state index in [0.29, 0.717) is 12.6 Å². The third kappa shape index (κ3) is 2.84. The van der Waals surface area contributed by atoms with E-state index in [1.807, 2.05) is 0 Å². The minimum atomic E-state index is -0.613. The van der Waals surface area contributed by atoms with E-state index in [1.54, 1.807) is 11.3 Å². The van der Waals surface area contributed by atoms with E-state index in [1.165, 1.54) is 4.88 Å². The van der Waals surface area contributed by atoms with Crippen molar-refractivity contribution < 1.29 is 9.90 Å². The molecule has 2 unspecified atom stereocenters. The van der Waals surface area contributed by atoms with E-state index in [2.05, 4.69) is 36.3 Å². The van der Waals surface area contributed by atoms with E-state index < -0.39 is 11.4 Å². The molecule has 1 aliphatic heterocycles. The molecule has 19 heavy (non-hydrogen) atoms. The molecule has 0 amide bonds. The van der Waals surface area contributed by atoms with Crippen LogP contribution in [0.3, 0.4) is 0 Å². The number of aliphatic carboxylic acids is 1. The largest absolute Gasteiger partial charge is 0.481 e. The maximum Gasteiger partial charge on any atom is 0.310 e. The summed E-state index contributed by atoms with van der Waals surface area (Å²) in [5.41, 5.74) is -0.514. The first-order valence-corrected chi connectivity index (χ1v) is 8.02. The van der Waals surface area contributed by atoms with Gasteiger partial charge in [-0.3, -0.25) is 9.69 Å². The normalized spacial score (nSPS) is 25.6. The molecule has 0 bridgehead atoms. The Balaban J connectivity index is 2.13. The first-order valence-electron chi connectivity index (χ1n) is 7.14. The quantitative estimate of drug-likeness (QED) is 0.862. The predicted octanol–water partition coefficient (Wildman–Crippen LogP) is 3.78. The van der Waals surface area contributed by atoms with Crippen molar-refractivity contribution in [2.45, 2.75) is 45.6 Å². The summed E-state index contributed by atoms with van der Waals surface area (Å²) >= 11 is 1.78. The minimum Gasteiger partial charge on any atom is -0.481 e. The van der Waals surface area contributed by atoms with Crippen LogP contribution in [0.5, 0.6) is 0 Å². The number of carboxylic acids is 1. The molecular formula is C15H23NO2S. The Morgan fingerprint density at radius 2 is 2.37 bits per heavy atom. The van der Waals surface area contributed by atoms with Crippen molar-refractivity contribution in [3.8, 4) is 0 Å². The molecule has 0 saturated carbocycles. The van der Waals surface area contributed by atoms with Gasteiger partial charge in [0.15, 0.2) is 0 Å². The summed E-state index contributed by atoms with van der Waals surface area (Å²) in [6.45, 7) is 5.87. The summed E-state index contributed by atoms with van der Waals surface area (Å²) in [6.07, 6.45) is 3.57. The molecule has 3 nitrogen and oxygen atoms in total. The highest BCUT2D eigenvalue weighted by molar-refractivity contribution is 7.10. The molecule has 1 fully saturated rings. The fourth-order valence-corrected chi connectivity index (χ4v) is 4.20. The third-order valence-corrected chi connectivity index (χ3v) is 5.24. The van der Waals surface area contributed by atoms with Gasteiger partial charge >= 0.3 is 5.97 Å². The number of rotatable bonds is 6. The van der Waals surface area contributed by atoms with Gasteiger partial charge in [-0.05, 0) is 37.3 Å². The van der Waals surface area contributed by atoms with Gasteiger partial charge in [0.25, 0.3) is 0 Å². The lowest BCUT2D eigenvalue weighted by Gasteiger charge is -2.29. The Hall–Kier alpha value is -0.870. The number of thiophene rings is 1. The van der Waals surface area contributed by atoms with Crippen LogP contribution in [0.15, 0.2) is 17.5 Å². The highest BCUT2D eigenvalue weighted by Gasteiger charge is 2.45. The second kappa shape index (κ2) is 6.06. The fraction of sp³-hybridized carbons (Fsp3) is 0.667. The van der Waals surface area contributed by atoms with Gasteiger partial charge in [-0.2, -0.15) is 0 Å². The van der Waals surface area contributed by atoms with Crippen LogP contribution in [0.4, 0.5) is 0 Å². The summed E-state index contributed by atoms with van der Waals surface area (Å²) in [4.78, 5) is 15.4. The number of nitrogens with zero attached hydrogens (tertiary/aromatic N) is 1. The van der Waals surface area contributed by atoms with Gasteiger partial charge in [0.05, 0.1) is 5.41 Å². The van der Waals surface area contributed by atoms with Crippen LogP contribution >= 0.6 is 11.3 Å². The summed E-state index contributed by atoms with van der Waals surface area (Å²) in [7, 11) is 0. The summed E-state index contributed by atoms with van der Waals surface area (Å²) < 4.78 is 0. The molecule has 0 aliphatic carbocycles. The lowest BCUT2D eigenvalue weighted by atomic mass is 9.82. The van der Waals surface area contributed by atoms with Crippen LogP contribution in [0.2, 0.25) is 0 Å². The Morgan fingerprint density at radius 3 is 2.89 bits per heavy atom. The number of likely N-dealkylation sites (tertiary alicyclic amines) is 1. The highest BCUT2D eigenvalue weighted by Crippen LogP contribution is 2.41. The summed E-state index contributed by atoms with van der Waals surface area (Å²) in [5.74, 6) is -0.613. The van der Waals surface area contributed by atoms with Crippen LogP contribution in [0.1, 0.15) is 50.4 Å². The van der Waals surface area contributed by atoms with Gasteiger partial charge in [0.2, 0.25) is 0 Å². The average molecular weight is 281 g/mol. The predicted molar refractivity (Wildman–Crippen MR) is 78.5 cm³/mol. The maximum atomic E-state index is 11.6. The Bertz CT molecular complexity index is 418. The zero-order chi connectivity index (χ0) is 13.9. The molecule has 1 aromatic heterocycles. The lowest BCUT2D eigenvalue weighted by molar-refractivity contribution is -0.148. The SMILES string of the molecule is CCCC1(C(=O)O)CCN(C(CC)c2cccs2)C1. The smallest absolute Gasteiger partial charge is 0.310 e. The second-order valence-electron chi connectivity index (χ2n) is 5.50. The van der Waals surface area contributed by atoms with Gasteiger partial charge in [0, 0.05) is 17.5 Å². The van der Waals surface area contributed by atoms with Crippen molar-refractivity contribution in [1.29, 1.82) is 0 Å². The molecule has 1 aromatic rings.